The summed E-state index contributed by atoms with van der Waals surface area (Å²) in [6.45, 7) is 3.40. The largest absolute Gasteiger partial charge is 0.381 e. The Morgan fingerprint density at radius 3 is 2.69 bits per heavy atom. The molecule has 1 saturated heterocycles. The molecular weight excluding hydrogens is 200 g/mol. The van der Waals surface area contributed by atoms with Gasteiger partial charge >= 0.3 is 0 Å². The molecule has 0 bridgehead atoms. The van der Waals surface area contributed by atoms with Gasteiger partial charge in [0.25, 0.3) is 0 Å². The van der Waals surface area contributed by atoms with Crippen molar-refractivity contribution in [3.63, 3.8) is 0 Å². The minimum absolute atomic E-state index is 0.132. The van der Waals surface area contributed by atoms with E-state index in [1.54, 1.807) is 6.92 Å². The molecular formula is C14H18O2. The molecule has 1 heterocycles. The van der Waals surface area contributed by atoms with Crippen molar-refractivity contribution in [3.8, 4) is 0 Å². The number of carbonyl (C=O) groups is 1. The second-order valence-electron chi connectivity index (χ2n) is 4.54. The predicted octanol–water partition coefficient (Wildman–Crippen LogP) is 2.86. The highest BCUT2D eigenvalue weighted by molar-refractivity contribution is 5.93. The molecule has 2 rings (SSSR count). The van der Waals surface area contributed by atoms with Crippen molar-refractivity contribution in [3.05, 3.63) is 35.4 Å². The van der Waals surface area contributed by atoms with Gasteiger partial charge < -0.3 is 4.74 Å². The minimum atomic E-state index is 0.132. The van der Waals surface area contributed by atoms with E-state index in [1.165, 1.54) is 18.4 Å². The van der Waals surface area contributed by atoms with Gasteiger partial charge in [0.2, 0.25) is 0 Å². The van der Waals surface area contributed by atoms with Gasteiger partial charge in [-0.25, -0.2) is 0 Å². The highest BCUT2D eigenvalue weighted by Crippen LogP contribution is 2.19. The van der Waals surface area contributed by atoms with Crippen molar-refractivity contribution in [2.75, 3.05) is 13.2 Å². The number of benzene rings is 1. The molecule has 1 fully saturated rings. The van der Waals surface area contributed by atoms with Crippen LogP contribution in [-0.4, -0.2) is 19.0 Å². The van der Waals surface area contributed by atoms with Crippen molar-refractivity contribution in [1.82, 2.24) is 0 Å². The van der Waals surface area contributed by atoms with Gasteiger partial charge in [-0.3, -0.25) is 4.79 Å². The Labute approximate surface area is 96.6 Å². The molecule has 0 aliphatic carbocycles. The lowest BCUT2D eigenvalue weighted by atomic mass is 9.93. The molecule has 1 unspecified atom stereocenters. The van der Waals surface area contributed by atoms with Crippen LogP contribution in [0.3, 0.4) is 0 Å². The van der Waals surface area contributed by atoms with Gasteiger partial charge in [0.15, 0.2) is 5.78 Å². The third-order valence-corrected chi connectivity index (χ3v) is 3.14. The maximum atomic E-state index is 11.1. The van der Waals surface area contributed by atoms with Gasteiger partial charge in [0.1, 0.15) is 0 Å². The fourth-order valence-electron chi connectivity index (χ4n) is 2.18. The topological polar surface area (TPSA) is 26.3 Å². The van der Waals surface area contributed by atoms with Crippen LogP contribution in [0.1, 0.15) is 35.7 Å². The highest BCUT2D eigenvalue weighted by Gasteiger charge is 2.14. The monoisotopic (exact) mass is 218 g/mol. The summed E-state index contributed by atoms with van der Waals surface area (Å²) in [5.74, 6) is 0.782. The number of hydrogen-bond donors (Lipinski definition) is 0. The van der Waals surface area contributed by atoms with E-state index < -0.39 is 0 Å². The molecule has 0 saturated carbocycles. The molecule has 0 aromatic heterocycles. The Morgan fingerprint density at radius 2 is 2.12 bits per heavy atom. The number of rotatable bonds is 3. The summed E-state index contributed by atoms with van der Waals surface area (Å²) in [4.78, 5) is 11.1. The van der Waals surface area contributed by atoms with E-state index in [0.29, 0.717) is 5.92 Å². The van der Waals surface area contributed by atoms with E-state index in [-0.39, 0.29) is 5.78 Å². The van der Waals surface area contributed by atoms with Crippen LogP contribution in [-0.2, 0) is 11.2 Å². The first kappa shape index (κ1) is 11.3. The summed E-state index contributed by atoms with van der Waals surface area (Å²) in [5, 5.41) is 0. The fraction of sp³-hybridized carbons (Fsp3) is 0.500. The number of Topliss-reactive ketones (excluding diaryl/α,β-unsaturated/α-hetero) is 1. The summed E-state index contributed by atoms with van der Waals surface area (Å²) in [6, 6.07) is 7.96. The average Bonchev–Trinajstić information content (AvgIpc) is 2.31. The van der Waals surface area contributed by atoms with Crippen molar-refractivity contribution in [2.24, 2.45) is 5.92 Å². The molecule has 1 aliphatic heterocycles. The number of ether oxygens (including phenoxy) is 1. The summed E-state index contributed by atoms with van der Waals surface area (Å²) < 4.78 is 5.46. The lowest BCUT2D eigenvalue weighted by molar-refractivity contribution is 0.0550. The van der Waals surface area contributed by atoms with Crippen molar-refractivity contribution >= 4 is 5.78 Å². The third-order valence-electron chi connectivity index (χ3n) is 3.14. The predicted molar refractivity (Wildman–Crippen MR) is 63.7 cm³/mol. The fourth-order valence-corrected chi connectivity index (χ4v) is 2.18. The molecule has 0 radical (unpaired) electrons. The molecule has 16 heavy (non-hydrogen) atoms. The summed E-state index contributed by atoms with van der Waals surface area (Å²) in [7, 11) is 0. The van der Waals surface area contributed by atoms with Crippen LogP contribution in [0.15, 0.2) is 24.3 Å². The molecule has 2 heteroatoms. The summed E-state index contributed by atoms with van der Waals surface area (Å²) >= 11 is 0. The van der Waals surface area contributed by atoms with Crippen LogP contribution in [0.4, 0.5) is 0 Å². The smallest absolute Gasteiger partial charge is 0.159 e. The van der Waals surface area contributed by atoms with Crippen molar-refractivity contribution in [2.45, 2.75) is 26.2 Å². The lowest BCUT2D eigenvalue weighted by Gasteiger charge is -2.21. The SMILES string of the molecule is CC(=O)c1ccc(CC2CCCOC2)cc1. The minimum Gasteiger partial charge on any atom is -0.381 e. The Hall–Kier alpha value is -1.15. The molecule has 1 atom stereocenters. The number of carbonyl (C=O) groups excluding carboxylic acids is 1. The van der Waals surface area contributed by atoms with E-state index in [2.05, 4.69) is 12.1 Å². The van der Waals surface area contributed by atoms with E-state index in [4.69, 9.17) is 4.74 Å². The van der Waals surface area contributed by atoms with E-state index >= 15 is 0 Å². The molecule has 0 N–H and O–H groups in total. The standard InChI is InChI=1S/C14H18O2/c1-11(15)14-6-4-12(5-7-14)9-13-3-2-8-16-10-13/h4-7,13H,2-3,8-10H2,1H3. The Bertz CT molecular complexity index is 348. The van der Waals surface area contributed by atoms with Gasteiger partial charge in [-0.2, -0.15) is 0 Å². The first-order valence-corrected chi connectivity index (χ1v) is 5.93. The number of ketones is 1. The highest BCUT2D eigenvalue weighted by atomic mass is 16.5. The molecule has 2 nitrogen and oxygen atoms in total. The zero-order valence-corrected chi connectivity index (χ0v) is 9.74. The maximum absolute atomic E-state index is 11.1. The van der Waals surface area contributed by atoms with Gasteiger partial charge in [-0.05, 0) is 37.7 Å². The molecule has 0 spiro atoms. The third kappa shape index (κ3) is 2.92. The summed E-state index contributed by atoms with van der Waals surface area (Å²) in [5.41, 5.74) is 2.10. The molecule has 86 valence electrons. The van der Waals surface area contributed by atoms with Crippen LogP contribution in [0.2, 0.25) is 0 Å². The Kier molecular flexibility index (Phi) is 3.73. The zero-order valence-electron chi connectivity index (χ0n) is 9.74. The first-order valence-electron chi connectivity index (χ1n) is 5.93. The Balaban J connectivity index is 1.96. The van der Waals surface area contributed by atoms with Gasteiger partial charge in [0, 0.05) is 18.8 Å². The van der Waals surface area contributed by atoms with Gasteiger partial charge in [-0.1, -0.05) is 24.3 Å². The average molecular weight is 218 g/mol. The van der Waals surface area contributed by atoms with Crippen LogP contribution >= 0.6 is 0 Å². The lowest BCUT2D eigenvalue weighted by Crippen LogP contribution is -2.19. The number of hydrogen-bond acceptors (Lipinski definition) is 2. The molecule has 1 aromatic carbocycles. The second-order valence-corrected chi connectivity index (χ2v) is 4.54. The van der Waals surface area contributed by atoms with E-state index in [1.807, 2.05) is 12.1 Å². The quantitative estimate of drug-likeness (QED) is 0.729. The second kappa shape index (κ2) is 5.26. The zero-order chi connectivity index (χ0) is 11.4. The van der Waals surface area contributed by atoms with Gasteiger partial charge in [-0.15, -0.1) is 0 Å². The maximum Gasteiger partial charge on any atom is 0.159 e. The summed E-state index contributed by atoms with van der Waals surface area (Å²) in [6.07, 6.45) is 3.50. The normalized spacial score (nSPS) is 20.7. The molecule has 1 aromatic rings. The van der Waals surface area contributed by atoms with Crippen LogP contribution in [0, 0.1) is 5.92 Å². The first-order chi connectivity index (χ1) is 7.75. The molecule has 1 aliphatic rings. The van der Waals surface area contributed by atoms with Gasteiger partial charge in [0.05, 0.1) is 0 Å². The van der Waals surface area contributed by atoms with E-state index in [0.717, 1.165) is 25.2 Å². The van der Waals surface area contributed by atoms with E-state index in [9.17, 15) is 4.79 Å². The van der Waals surface area contributed by atoms with Crippen LogP contribution in [0.5, 0.6) is 0 Å². The van der Waals surface area contributed by atoms with Crippen LogP contribution < -0.4 is 0 Å². The van der Waals surface area contributed by atoms with Crippen molar-refractivity contribution < 1.29 is 9.53 Å². The van der Waals surface area contributed by atoms with Crippen molar-refractivity contribution in [1.29, 1.82) is 0 Å². The van der Waals surface area contributed by atoms with Crippen LogP contribution in [0.25, 0.3) is 0 Å². The Morgan fingerprint density at radius 1 is 1.38 bits per heavy atom. The molecule has 0 amide bonds.